The predicted molar refractivity (Wildman–Crippen MR) is 108 cm³/mol. The Kier molecular flexibility index (Phi) is 9.57. The highest BCUT2D eigenvalue weighted by Gasteiger charge is 2.31. The van der Waals surface area contributed by atoms with Gasteiger partial charge in [0.25, 0.3) is 0 Å². The number of hydrogen-bond donors (Lipinski definition) is 2. The number of hydrogen-bond acceptors (Lipinski definition) is 4. The molecule has 1 atom stereocenters. The van der Waals surface area contributed by atoms with E-state index < -0.39 is 0 Å². The van der Waals surface area contributed by atoms with Gasteiger partial charge in [-0.1, -0.05) is 18.2 Å². The van der Waals surface area contributed by atoms with Crippen LogP contribution in [0.15, 0.2) is 30.3 Å². The van der Waals surface area contributed by atoms with Crippen molar-refractivity contribution in [1.82, 2.24) is 10.2 Å². The second kappa shape index (κ2) is 10.9. The van der Waals surface area contributed by atoms with Crippen LogP contribution in [0.3, 0.4) is 0 Å². The van der Waals surface area contributed by atoms with Crippen molar-refractivity contribution in [2.75, 3.05) is 44.2 Å². The molecule has 5 nitrogen and oxygen atoms in total. The Labute approximate surface area is 163 Å². The van der Waals surface area contributed by atoms with Gasteiger partial charge in [0.1, 0.15) is 0 Å². The number of piperazine rings is 1. The molecule has 1 saturated carbocycles. The molecule has 1 amide bonds. The fourth-order valence-corrected chi connectivity index (χ4v) is 3.27. The van der Waals surface area contributed by atoms with Gasteiger partial charge in [0, 0.05) is 57.4 Å². The molecule has 1 unspecified atom stereocenters. The van der Waals surface area contributed by atoms with E-state index in [2.05, 4.69) is 45.4 Å². The SMILES string of the molecule is Cl.Cl.NCC(NC(=O)CCN1CCN(c2ccccc2)CC1)C1CC1. The summed E-state index contributed by atoms with van der Waals surface area (Å²) in [7, 11) is 0. The Bertz CT molecular complexity index is 505. The van der Waals surface area contributed by atoms with E-state index in [0.717, 1.165) is 32.7 Å². The van der Waals surface area contributed by atoms with E-state index in [1.165, 1.54) is 18.5 Å². The Hall–Kier alpha value is -1.01. The molecule has 1 aliphatic carbocycles. The molecule has 1 aromatic carbocycles. The van der Waals surface area contributed by atoms with Gasteiger partial charge < -0.3 is 16.0 Å². The third kappa shape index (κ3) is 6.66. The van der Waals surface area contributed by atoms with Gasteiger partial charge in [-0.2, -0.15) is 0 Å². The Morgan fingerprint density at radius 3 is 2.32 bits per heavy atom. The molecule has 0 aromatic heterocycles. The van der Waals surface area contributed by atoms with Crippen molar-refractivity contribution in [2.45, 2.75) is 25.3 Å². The molecule has 3 rings (SSSR count). The van der Waals surface area contributed by atoms with Crippen LogP contribution in [0.2, 0.25) is 0 Å². The lowest BCUT2D eigenvalue weighted by atomic mass is 10.2. The smallest absolute Gasteiger partial charge is 0.221 e. The van der Waals surface area contributed by atoms with Crippen LogP contribution in [-0.4, -0.2) is 56.1 Å². The zero-order valence-corrected chi connectivity index (χ0v) is 16.2. The second-order valence-corrected chi connectivity index (χ2v) is 6.66. The quantitative estimate of drug-likeness (QED) is 0.748. The molecular weight excluding hydrogens is 359 g/mol. The van der Waals surface area contributed by atoms with Crippen molar-refractivity contribution in [3.8, 4) is 0 Å². The van der Waals surface area contributed by atoms with Gasteiger partial charge in [-0.05, 0) is 30.9 Å². The second-order valence-electron chi connectivity index (χ2n) is 6.66. The van der Waals surface area contributed by atoms with E-state index in [1.54, 1.807) is 0 Å². The zero-order chi connectivity index (χ0) is 16.1. The molecule has 25 heavy (non-hydrogen) atoms. The summed E-state index contributed by atoms with van der Waals surface area (Å²) in [6, 6.07) is 10.7. The lowest BCUT2D eigenvalue weighted by Gasteiger charge is -2.36. The number of halogens is 2. The number of carbonyl (C=O) groups excluding carboxylic acids is 1. The standard InChI is InChI=1S/C18H28N4O.2ClH/c19-14-17(15-6-7-15)20-18(23)8-9-21-10-12-22(13-11-21)16-4-2-1-3-5-16;;/h1-5,15,17H,6-14,19H2,(H,20,23);2*1H. The third-order valence-electron chi connectivity index (χ3n) is 4.94. The van der Waals surface area contributed by atoms with Gasteiger partial charge in [-0.25, -0.2) is 0 Å². The fourth-order valence-electron chi connectivity index (χ4n) is 3.27. The molecule has 3 N–H and O–H groups in total. The molecule has 7 heteroatoms. The molecule has 0 radical (unpaired) electrons. The molecule has 2 fully saturated rings. The Balaban J connectivity index is 0.00000156. The first-order valence-corrected chi connectivity index (χ1v) is 8.78. The van der Waals surface area contributed by atoms with Crippen molar-refractivity contribution in [3.05, 3.63) is 30.3 Å². The number of anilines is 1. The van der Waals surface area contributed by atoms with Crippen LogP contribution in [0.5, 0.6) is 0 Å². The summed E-state index contributed by atoms with van der Waals surface area (Å²) in [6.07, 6.45) is 3.00. The van der Waals surface area contributed by atoms with Gasteiger partial charge in [0.2, 0.25) is 5.91 Å². The number of para-hydroxylation sites is 1. The van der Waals surface area contributed by atoms with Gasteiger partial charge in [-0.15, -0.1) is 24.8 Å². The largest absolute Gasteiger partial charge is 0.369 e. The first kappa shape index (κ1) is 22.0. The highest BCUT2D eigenvalue weighted by atomic mass is 35.5. The lowest BCUT2D eigenvalue weighted by molar-refractivity contribution is -0.122. The maximum absolute atomic E-state index is 12.1. The van der Waals surface area contributed by atoms with Crippen molar-refractivity contribution in [1.29, 1.82) is 0 Å². The van der Waals surface area contributed by atoms with Crippen LogP contribution in [0, 0.1) is 5.92 Å². The minimum atomic E-state index is 0. The summed E-state index contributed by atoms with van der Waals surface area (Å²) in [6.45, 7) is 5.50. The average Bonchev–Trinajstić information content (AvgIpc) is 3.44. The summed E-state index contributed by atoms with van der Waals surface area (Å²) in [4.78, 5) is 16.9. The monoisotopic (exact) mass is 388 g/mol. The van der Waals surface area contributed by atoms with Crippen molar-refractivity contribution in [2.24, 2.45) is 11.7 Å². The number of nitrogens with one attached hydrogen (secondary N) is 1. The van der Waals surface area contributed by atoms with E-state index in [1.807, 2.05) is 0 Å². The number of nitrogens with two attached hydrogens (primary N) is 1. The first-order chi connectivity index (χ1) is 11.3. The van der Waals surface area contributed by atoms with Gasteiger partial charge in [-0.3, -0.25) is 9.69 Å². The summed E-state index contributed by atoms with van der Waals surface area (Å²) < 4.78 is 0. The number of nitrogens with zero attached hydrogens (tertiary/aromatic N) is 2. The average molecular weight is 389 g/mol. The number of benzene rings is 1. The summed E-state index contributed by atoms with van der Waals surface area (Å²) in [5, 5.41) is 3.10. The Morgan fingerprint density at radius 1 is 1.12 bits per heavy atom. The van der Waals surface area contributed by atoms with Crippen molar-refractivity contribution in [3.63, 3.8) is 0 Å². The molecule has 142 valence electrons. The fraction of sp³-hybridized carbons (Fsp3) is 0.611. The molecule has 1 aromatic rings. The maximum Gasteiger partial charge on any atom is 0.221 e. The van der Waals surface area contributed by atoms with E-state index in [9.17, 15) is 4.79 Å². The lowest BCUT2D eigenvalue weighted by Crippen LogP contribution is -2.48. The minimum Gasteiger partial charge on any atom is -0.369 e. The minimum absolute atomic E-state index is 0. The van der Waals surface area contributed by atoms with Crippen molar-refractivity contribution < 1.29 is 4.79 Å². The number of carbonyl (C=O) groups is 1. The molecule has 1 aliphatic heterocycles. The molecule has 1 heterocycles. The molecular formula is C18H30Cl2N4O. The zero-order valence-electron chi connectivity index (χ0n) is 14.6. The molecule has 1 saturated heterocycles. The maximum atomic E-state index is 12.1. The van der Waals surface area contributed by atoms with E-state index >= 15 is 0 Å². The van der Waals surface area contributed by atoms with Gasteiger partial charge >= 0.3 is 0 Å². The van der Waals surface area contributed by atoms with Crippen LogP contribution >= 0.6 is 24.8 Å². The highest BCUT2D eigenvalue weighted by Crippen LogP contribution is 2.32. The summed E-state index contributed by atoms with van der Waals surface area (Å²) in [5.74, 6) is 0.774. The predicted octanol–water partition coefficient (Wildman–Crippen LogP) is 1.90. The molecule has 2 aliphatic rings. The summed E-state index contributed by atoms with van der Waals surface area (Å²) >= 11 is 0. The van der Waals surface area contributed by atoms with Crippen LogP contribution in [-0.2, 0) is 4.79 Å². The highest BCUT2D eigenvalue weighted by molar-refractivity contribution is 5.85. The molecule has 0 spiro atoms. The Morgan fingerprint density at radius 2 is 1.76 bits per heavy atom. The van der Waals surface area contributed by atoms with E-state index in [0.29, 0.717) is 18.9 Å². The number of amides is 1. The van der Waals surface area contributed by atoms with E-state index in [4.69, 9.17) is 5.73 Å². The van der Waals surface area contributed by atoms with Crippen LogP contribution in [0.4, 0.5) is 5.69 Å². The normalized spacial score (nSPS) is 18.7. The van der Waals surface area contributed by atoms with Crippen LogP contribution in [0.1, 0.15) is 19.3 Å². The van der Waals surface area contributed by atoms with Gasteiger partial charge in [0.05, 0.1) is 0 Å². The summed E-state index contributed by atoms with van der Waals surface area (Å²) in [5.41, 5.74) is 7.03. The van der Waals surface area contributed by atoms with Crippen LogP contribution < -0.4 is 16.0 Å². The van der Waals surface area contributed by atoms with Gasteiger partial charge in [0.15, 0.2) is 0 Å². The topological polar surface area (TPSA) is 61.6 Å². The van der Waals surface area contributed by atoms with Crippen LogP contribution in [0.25, 0.3) is 0 Å². The third-order valence-corrected chi connectivity index (χ3v) is 4.94. The van der Waals surface area contributed by atoms with Crippen molar-refractivity contribution >= 4 is 36.4 Å². The number of rotatable bonds is 7. The molecule has 0 bridgehead atoms. The first-order valence-electron chi connectivity index (χ1n) is 8.78. The van der Waals surface area contributed by atoms with E-state index in [-0.39, 0.29) is 36.8 Å².